The van der Waals surface area contributed by atoms with Crippen LogP contribution in [-0.2, 0) is 9.59 Å². The van der Waals surface area contributed by atoms with E-state index in [2.05, 4.69) is 0 Å². The standard InChI is InChI=1S/C21H28N2O3/c24-19(8-15-26-17-6-2-1-3-7-17)22-11-5-12-23(14-13-22)20(25)18-16-21(18)9-4-10-21/h1-3,6-7,18H,4-5,8-16H2. The molecule has 1 aliphatic heterocycles. The fourth-order valence-electron chi connectivity index (χ4n) is 4.42. The van der Waals surface area contributed by atoms with Crippen molar-refractivity contribution < 1.29 is 14.3 Å². The molecular weight excluding hydrogens is 328 g/mol. The van der Waals surface area contributed by atoms with E-state index >= 15 is 0 Å². The van der Waals surface area contributed by atoms with Crippen LogP contribution in [0, 0.1) is 11.3 Å². The van der Waals surface area contributed by atoms with E-state index < -0.39 is 0 Å². The first-order chi connectivity index (χ1) is 12.7. The van der Waals surface area contributed by atoms with E-state index in [4.69, 9.17) is 4.74 Å². The smallest absolute Gasteiger partial charge is 0.226 e. The minimum absolute atomic E-state index is 0.122. The molecule has 0 N–H and O–H groups in total. The van der Waals surface area contributed by atoms with Crippen LogP contribution in [0.5, 0.6) is 5.75 Å². The lowest BCUT2D eigenvalue weighted by Crippen LogP contribution is -2.39. The summed E-state index contributed by atoms with van der Waals surface area (Å²) in [7, 11) is 0. The van der Waals surface area contributed by atoms with Crippen molar-refractivity contribution in [3.8, 4) is 5.75 Å². The minimum Gasteiger partial charge on any atom is -0.493 e. The van der Waals surface area contributed by atoms with Crippen molar-refractivity contribution >= 4 is 11.8 Å². The predicted octanol–water partition coefficient (Wildman–Crippen LogP) is 2.71. The van der Waals surface area contributed by atoms with Gasteiger partial charge in [-0.05, 0) is 43.2 Å². The van der Waals surface area contributed by atoms with Crippen LogP contribution in [0.1, 0.15) is 38.5 Å². The molecule has 2 aliphatic carbocycles. The molecule has 1 aromatic rings. The fourth-order valence-corrected chi connectivity index (χ4v) is 4.42. The highest BCUT2D eigenvalue weighted by molar-refractivity contribution is 5.83. The van der Waals surface area contributed by atoms with Crippen LogP contribution in [-0.4, -0.2) is 54.4 Å². The van der Waals surface area contributed by atoms with Gasteiger partial charge in [-0.1, -0.05) is 24.6 Å². The molecule has 2 saturated carbocycles. The molecule has 4 rings (SSSR count). The summed E-state index contributed by atoms with van der Waals surface area (Å²) in [5.74, 6) is 1.53. The third-order valence-electron chi connectivity index (χ3n) is 6.33. The quantitative estimate of drug-likeness (QED) is 0.815. The molecule has 3 fully saturated rings. The van der Waals surface area contributed by atoms with Crippen LogP contribution in [0.2, 0.25) is 0 Å². The lowest BCUT2D eigenvalue weighted by molar-refractivity contribution is -0.135. The Hall–Kier alpha value is -2.04. The Bertz CT molecular complexity index is 656. The molecule has 2 amide bonds. The zero-order chi connectivity index (χ0) is 18.0. The molecule has 1 aromatic carbocycles. The van der Waals surface area contributed by atoms with Crippen molar-refractivity contribution in [2.24, 2.45) is 11.3 Å². The van der Waals surface area contributed by atoms with Crippen LogP contribution in [0.25, 0.3) is 0 Å². The van der Waals surface area contributed by atoms with Crippen LogP contribution >= 0.6 is 0 Å². The highest BCUT2D eigenvalue weighted by Gasteiger charge is 2.61. The fraction of sp³-hybridized carbons (Fsp3) is 0.619. The predicted molar refractivity (Wildman–Crippen MR) is 98.7 cm³/mol. The van der Waals surface area contributed by atoms with Crippen molar-refractivity contribution in [1.82, 2.24) is 9.80 Å². The van der Waals surface area contributed by atoms with Gasteiger partial charge in [-0.2, -0.15) is 0 Å². The van der Waals surface area contributed by atoms with Gasteiger partial charge in [0.15, 0.2) is 0 Å². The Kier molecular flexibility index (Phi) is 4.88. The summed E-state index contributed by atoms with van der Waals surface area (Å²) in [6, 6.07) is 9.58. The molecule has 0 aromatic heterocycles. The summed E-state index contributed by atoms with van der Waals surface area (Å²) in [6.07, 6.45) is 6.12. The van der Waals surface area contributed by atoms with Crippen molar-refractivity contribution in [2.45, 2.75) is 38.5 Å². The number of benzene rings is 1. The summed E-state index contributed by atoms with van der Waals surface area (Å²) < 4.78 is 5.63. The summed E-state index contributed by atoms with van der Waals surface area (Å²) in [4.78, 5) is 29.1. The van der Waals surface area contributed by atoms with Crippen molar-refractivity contribution in [2.75, 3.05) is 32.8 Å². The zero-order valence-corrected chi connectivity index (χ0v) is 15.4. The number of ether oxygens (including phenoxy) is 1. The third kappa shape index (κ3) is 3.57. The van der Waals surface area contributed by atoms with Gasteiger partial charge in [0.25, 0.3) is 0 Å². The van der Waals surface area contributed by atoms with Crippen LogP contribution in [0.3, 0.4) is 0 Å². The van der Waals surface area contributed by atoms with Gasteiger partial charge < -0.3 is 14.5 Å². The lowest BCUT2D eigenvalue weighted by Gasteiger charge is -2.28. The summed E-state index contributed by atoms with van der Waals surface area (Å²) >= 11 is 0. The zero-order valence-electron chi connectivity index (χ0n) is 15.4. The number of carbonyl (C=O) groups is 2. The molecular formula is C21H28N2O3. The van der Waals surface area contributed by atoms with Crippen LogP contribution < -0.4 is 4.74 Å². The highest BCUT2D eigenvalue weighted by atomic mass is 16.5. The van der Waals surface area contributed by atoms with E-state index in [9.17, 15) is 9.59 Å². The first-order valence-corrected chi connectivity index (χ1v) is 9.92. The first-order valence-electron chi connectivity index (χ1n) is 9.92. The van der Waals surface area contributed by atoms with Crippen molar-refractivity contribution in [1.29, 1.82) is 0 Å². The van der Waals surface area contributed by atoms with Gasteiger partial charge >= 0.3 is 0 Å². The molecule has 0 bridgehead atoms. The molecule has 0 radical (unpaired) electrons. The van der Waals surface area contributed by atoms with Gasteiger partial charge in [-0.15, -0.1) is 0 Å². The SMILES string of the molecule is O=C(CCOc1ccccc1)N1CCCN(C(=O)C2CC23CCC3)CC1. The van der Waals surface area contributed by atoms with E-state index in [1.165, 1.54) is 19.3 Å². The number of rotatable bonds is 5. The second-order valence-electron chi connectivity index (χ2n) is 7.94. The van der Waals surface area contributed by atoms with Crippen molar-refractivity contribution in [3.05, 3.63) is 30.3 Å². The molecule has 1 unspecified atom stereocenters. The maximum atomic E-state index is 12.7. The molecule has 3 aliphatic rings. The molecule has 140 valence electrons. The third-order valence-corrected chi connectivity index (χ3v) is 6.33. The van der Waals surface area contributed by atoms with E-state index in [1.807, 2.05) is 40.1 Å². The van der Waals surface area contributed by atoms with Gasteiger partial charge in [0, 0.05) is 32.1 Å². The van der Waals surface area contributed by atoms with E-state index in [0.29, 0.717) is 37.4 Å². The van der Waals surface area contributed by atoms with E-state index in [1.54, 1.807) is 0 Å². The molecule has 1 spiro atoms. The van der Waals surface area contributed by atoms with Crippen molar-refractivity contribution in [3.63, 3.8) is 0 Å². The maximum absolute atomic E-state index is 12.7. The van der Waals surface area contributed by atoms with E-state index in [-0.39, 0.29) is 11.8 Å². The summed E-state index contributed by atoms with van der Waals surface area (Å²) in [6.45, 7) is 3.25. The molecule has 5 nitrogen and oxygen atoms in total. The average Bonchev–Trinajstić information content (AvgIpc) is 3.42. The number of carbonyl (C=O) groups excluding carboxylic acids is 2. The van der Waals surface area contributed by atoms with Gasteiger partial charge in [0.2, 0.25) is 11.8 Å². The Morgan fingerprint density at radius 2 is 1.73 bits per heavy atom. The average molecular weight is 356 g/mol. The van der Waals surface area contributed by atoms with Gasteiger partial charge in [-0.25, -0.2) is 0 Å². The lowest BCUT2D eigenvalue weighted by atomic mass is 9.79. The Balaban J connectivity index is 1.21. The van der Waals surface area contributed by atoms with Gasteiger partial charge in [0.1, 0.15) is 5.75 Å². The molecule has 5 heteroatoms. The summed E-state index contributed by atoms with van der Waals surface area (Å²) in [5, 5.41) is 0. The normalized spacial score (nSPS) is 23.9. The Labute approximate surface area is 155 Å². The number of para-hydroxylation sites is 1. The number of hydrogen-bond donors (Lipinski definition) is 0. The number of hydrogen-bond acceptors (Lipinski definition) is 3. The summed E-state index contributed by atoms with van der Waals surface area (Å²) in [5.41, 5.74) is 0.383. The molecule has 1 heterocycles. The molecule has 26 heavy (non-hydrogen) atoms. The second-order valence-corrected chi connectivity index (χ2v) is 7.94. The second kappa shape index (κ2) is 7.29. The maximum Gasteiger partial charge on any atom is 0.226 e. The van der Waals surface area contributed by atoms with E-state index in [0.717, 1.165) is 31.7 Å². The monoisotopic (exact) mass is 356 g/mol. The van der Waals surface area contributed by atoms with Gasteiger partial charge in [0.05, 0.1) is 13.0 Å². The van der Waals surface area contributed by atoms with Gasteiger partial charge in [-0.3, -0.25) is 9.59 Å². The topological polar surface area (TPSA) is 49.9 Å². The number of amides is 2. The largest absolute Gasteiger partial charge is 0.493 e. The number of nitrogens with zero attached hydrogens (tertiary/aromatic N) is 2. The minimum atomic E-state index is 0.122. The Morgan fingerprint density at radius 3 is 2.42 bits per heavy atom. The Morgan fingerprint density at radius 1 is 1.00 bits per heavy atom. The highest BCUT2D eigenvalue weighted by Crippen LogP contribution is 2.65. The molecule has 1 atom stereocenters. The first kappa shape index (κ1) is 17.4. The van der Waals surface area contributed by atoms with Crippen LogP contribution in [0.15, 0.2) is 30.3 Å². The molecule has 1 saturated heterocycles. The van der Waals surface area contributed by atoms with Crippen LogP contribution in [0.4, 0.5) is 0 Å².